The van der Waals surface area contributed by atoms with Crippen molar-refractivity contribution in [3.8, 4) is 0 Å². The summed E-state index contributed by atoms with van der Waals surface area (Å²) < 4.78 is 29.2. The molecule has 2 N–H and O–H groups in total. The van der Waals surface area contributed by atoms with Gasteiger partial charge in [0.25, 0.3) is 10.0 Å². The number of hydrogen-bond acceptors (Lipinski definition) is 6. The quantitative estimate of drug-likeness (QED) is 0.711. The SMILES string of the molecule is O=C(O)CSC1=CC(=NS(=O)(=O)c2ccc(C(=O)O)cc2)c2ccccc2C1=O. The molecule has 0 saturated carbocycles. The molecule has 0 saturated heterocycles. The molecule has 0 bridgehead atoms. The van der Waals surface area contributed by atoms with E-state index in [1.54, 1.807) is 18.2 Å². The monoisotopic (exact) mass is 431 g/mol. The number of Topliss-reactive ketones (excluding diaryl/α,β-unsaturated/α-hetero) is 1. The first-order chi connectivity index (χ1) is 13.7. The molecule has 0 radical (unpaired) electrons. The number of sulfonamides is 1. The lowest BCUT2D eigenvalue weighted by molar-refractivity contribution is -0.133. The van der Waals surface area contributed by atoms with Crippen molar-refractivity contribution in [3.63, 3.8) is 0 Å². The first-order valence-corrected chi connectivity index (χ1v) is 10.5. The molecule has 29 heavy (non-hydrogen) atoms. The van der Waals surface area contributed by atoms with E-state index >= 15 is 0 Å². The van der Waals surface area contributed by atoms with Crippen molar-refractivity contribution in [1.29, 1.82) is 0 Å². The second-order valence-electron chi connectivity index (χ2n) is 5.85. The lowest BCUT2D eigenvalue weighted by Gasteiger charge is -2.16. The van der Waals surface area contributed by atoms with E-state index in [0.717, 1.165) is 36.0 Å². The van der Waals surface area contributed by atoms with Crippen molar-refractivity contribution >= 4 is 45.2 Å². The first-order valence-electron chi connectivity index (χ1n) is 8.08. The van der Waals surface area contributed by atoms with E-state index in [0.29, 0.717) is 5.56 Å². The van der Waals surface area contributed by atoms with Gasteiger partial charge in [-0.1, -0.05) is 24.3 Å². The van der Waals surface area contributed by atoms with Crippen LogP contribution < -0.4 is 0 Å². The van der Waals surface area contributed by atoms with E-state index < -0.39 is 27.7 Å². The Hall–Kier alpha value is -3.24. The third-order valence-corrected chi connectivity index (χ3v) is 6.22. The molecule has 0 aromatic heterocycles. The number of fused-ring (bicyclic) bond motifs is 1. The van der Waals surface area contributed by atoms with E-state index in [1.165, 1.54) is 12.1 Å². The molecule has 0 atom stereocenters. The van der Waals surface area contributed by atoms with Crippen molar-refractivity contribution in [2.24, 2.45) is 4.40 Å². The van der Waals surface area contributed by atoms with Crippen LogP contribution in [0.15, 0.2) is 68.8 Å². The highest BCUT2D eigenvalue weighted by Crippen LogP contribution is 2.29. The minimum atomic E-state index is -4.20. The molecule has 0 heterocycles. The Morgan fingerprint density at radius 1 is 0.966 bits per heavy atom. The Balaban J connectivity index is 2.07. The molecule has 0 spiro atoms. The molecular formula is C19H13NO7S2. The number of benzene rings is 2. The number of aromatic carboxylic acids is 1. The number of allylic oxidation sites excluding steroid dienone is 2. The zero-order valence-electron chi connectivity index (χ0n) is 14.6. The lowest BCUT2D eigenvalue weighted by atomic mass is 9.94. The second-order valence-corrected chi connectivity index (χ2v) is 8.47. The highest BCUT2D eigenvalue weighted by molar-refractivity contribution is 8.04. The number of thioether (sulfide) groups is 1. The van der Waals surface area contributed by atoms with Gasteiger partial charge in [-0.25, -0.2) is 4.79 Å². The van der Waals surface area contributed by atoms with Crippen LogP contribution in [0.1, 0.15) is 26.3 Å². The normalized spacial score (nSPS) is 15.0. The number of carboxylic acids is 2. The summed E-state index contributed by atoms with van der Waals surface area (Å²) in [5.74, 6) is -3.08. The molecule has 0 unspecified atom stereocenters. The average molecular weight is 431 g/mol. The Morgan fingerprint density at radius 2 is 1.59 bits per heavy atom. The lowest BCUT2D eigenvalue weighted by Crippen LogP contribution is -2.18. The molecule has 1 aliphatic carbocycles. The molecular weight excluding hydrogens is 418 g/mol. The maximum Gasteiger partial charge on any atom is 0.335 e. The second kappa shape index (κ2) is 8.02. The minimum absolute atomic E-state index is 0.00426. The van der Waals surface area contributed by atoms with Gasteiger partial charge in [0.2, 0.25) is 0 Å². The van der Waals surface area contributed by atoms with Crippen LogP contribution in [0.5, 0.6) is 0 Å². The predicted octanol–water partition coefficient (Wildman–Crippen LogP) is 2.46. The zero-order valence-corrected chi connectivity index (χ0v) is 16.2. The van der Waals surface area contributed by atoms with Gasteiger partial charge in [-0.3, -0.25) is 9.59 Å². The Morgan fingerprint density at radius 3 is 2.17 bits per heavy atom. The third kappa shape index (κ3) is 4.44. The summed E-state index contributed by atoms with van der Waals surface area (Å²) in [5.41, 5.74) is 0.453. The standard InChI is InChI=1S/C19H13NO7S2/c21-17(22)10-28-16-9-15(13-3-1-2-4-14(13)18(16)23)20-29(26,27)12-7-5-11(6-8-12)19(24)25/h1-9H,10H2,(H,21,22)(H,24,25). The predicted molar refractivity (Wildman–Crippen MR) is 106 cm³/mol. The fraction of sp³-hybridized carbons (Fsp3) is 0.0526. The van der Waals surface area contributed by atoms with E-state index in [4.69, 9.17) is 10.2 Å². The number of carbonyl (C=O) groups excluding carboxylic acids is 1. The summed E-state index contributed by atoms with van der Waals surface area (Å²) in [6, 6.07) is 10.9. The van der Waals surface area contributed by atoms with Gasteiger partial charge in [0.1, 0.15) is 0 Å². The maximum absolute atomic E-state index is 12.7. The fourth-order valence-corrected chi connectivity index (χ4v) is 4.29. The van der Waals surface area contributed by atoms with Crippen LogP contribution in [0.4, 0.5) is 0 Å². The molecule has 10 heteroatoms. The number of rotatable bonds is 6. The van der Waals surface area contributed by atoms with Crippen molar-refractivity contribution in [1.82, 2.24) is 0 Å². The summed E-state index contributed by atoms with van der Waals surface area (Å²) in [7, 11) is -4.20. The fourth-order valence-electron chi connectivity index (χ4n) is 2.58. The summed E-state index contributed by atoms with van der Waals surface area (Å²) in [4.78, 5) is 34.2. The number of hydrogen-bond donors (Lipinski definition) is 2. The smallest absolute Gasteiger partial charge is 0.335 e. The van der Waals surface area contributed by atoms with Crippen LogP contribution in [-0.4, -0.2) is 47.8 Å². The van der Waals surface area contributed by atoms with Crippen LogP contribution in [0, 0.1) is 0 Å². The van der Waals surface area contributed by atoms with Crippen molar-refractivity contribution in [2.45, 2.75) is 4.90 Å². The van der Waals surface area contributed by atoms with Gasteiger partial charge in [-0.15, -0.1) is 11.8 Å². The molecule has 0 aliphatic heterocycles. The summed E-state index contributed by atoms with van der Waals surface area (Å²) in [6.45, 7) is 0. The summed E-state index contributed by atoms with van der Waals surface area (Å²) >= 11 is 0.779. The molecule has 1 aliphatic rings. The van der Waals surface area contributed by atoms with Gasteiger partial charge in [-0.2, -0.15) is 12.8 Å². The topological polar surface area (TPSA) is 138 Å². The molecule has 0 amide bonds. The molecule has 2 aromatic carbocycles. The Kier molecular flexibility index (Phi) is 5.66. The number of nitrogens with zero attached hydrogens (tertiary/aromatic N) is 1. The maximum atomic E-state index is 12.7. The van der Waals surface area contributed by atoms with Gasteiger partial charge < -0.3 is 10.2 Å². The highest BCUT2D eigenvalue weighted by Gasteiger charge is 2.26. The van der Waals surface area contributed by atoms with Crippen LogP contribution >= 0.6 is 11.8 Å². The number of ketones is 1. The molecule has 8 nitrogen and oxygen atoms in total. The molecule has 148 valence electrons. The van der Waals surface area contributed by atoms with Crippen LogP contribution in [0.25, 0.3) is 0 Å². The van der Waals surface area contributed by atoms with E-state index in [1.807, 2.05) is 0 Å². The van der Waals surface area contributed by atoms with Crippen LogP contribution in [-0.2, 0) is 14.8 Å². The third-order valence-electron chi connectivity index (χ3n) is 3.91. The minimum Gasteiger partial charge on any atom is -0.481 e. The average Bonchev–Trinajstić information content (AvgIpc) is 2.69. The van der Waals surface area contributed by atoms with Gasteiger partial charge in [0, 0.05) is 11.1 Å². The van der Waals surface area contributed by atoms with E-state index in [9.17, 15) is 22.8 Å². The zero-order chi connectivity index (χ0) is 21.2. The van der Waals surface area contributed by atoms with Gasteiger partial charge >= 0.3 is 11.9 Å². The number of carboxylic acid groups (broad SMARTS) is 2. The van der Waals surface area contributed by atoms with Crippen molar-refractivity contribution in [2.75, 3.05) is 5.75 Å². The largest absolute Gasteiger partial charge is 0.481 e. The Labute approximate surface area is 169 Å². The molecule has 3 rings (SSSR count). The van der Waals surface area contributed by atoms with Crippen molar-refractivity contribution in [3.05, 3.63) is 76.2 Å². The number of aliphatic carboxylic acids is 1. The summed E-state index contributed by atoms with van der Waals surface area (Å²) in [5, 5.41) is 17.8. The Bertz CT molecular complexity index is 1180. The van der Waals surface area contributed by atoms with E-state index in [2.05, 4.69) is 4.40 Å². The molecule has 0 fully saturated rings. The summed E-state index contributed by atoms with van der Waals surface area (Å²) in [6.07, 6.45) is 1.25. The van der Waals surface area contributed by atoms with Gasteiger partial charge in [0.15, 0.2) is 5.78 Å². The van der Waals surface area contributed by atoms with Gasteiger partial charge in [0.05, 0.1) is 26.8 Å². The molecule has 2 aromatic rings. The van der Waals surface area contributed by atoms with Gasteiger partial charge in [-0.05, 0) is 30.3 Å². The van der Waals surface area contributed by atoms with Crippen LogP contribution in [0.2, 0.25) is 0 Å². The first kappa shape index (κ1) is 20.5. The number of carbonyl (C=O) groups is 3. The van der Waals surface area contributed by atoms with Crippen LogP contribution in [0.3, 0.4) is 0 Å². The van der Waals surface area contributed by atoms with Crippen molar-refractivity contribution < 1.29 is 33.0 Å². The van der Waals surface area contributed by atoms with E-state index in [-0.39, 0.29) is 32.4 Å². The highest BCUT2D eigenvalue weighted by atomic mass is 32.2.